The van der Waals surface area contributed by atoms with E-state index in [-0.39, 0.29) is 24.9 Å². The molecule has 1 heterocycles. The second-order valence-electron chi connectivity index (χ2n) is 8.82. The van der Waals surface area contributed by atoms with Crippen LogP contribution in [0.1, 0.15) is 36.1 Å². The minimum absolute atomic E-state index is 0.0516. The summed E-state index contributed by atoms with van der Waals surface area (Å²) in [4.78, 5) is 17.6. The summed E-state index contributed by atoms with van der Waals surface area (Å²) < 4.78 is 16.7. The van der Waals surface area contributed by atoms with Gasteiger partial charge in [-0.2, -0.15) is 5.26 Å². The van der Waals surface area contributed by atoms with E-state index < -0.39 is 0 Å². The van der Waals surface area contributed by atoms with E-state index in [9.17, 15) is 10.1 Å². The van der Waals surface area contributed by atoms with Crippen LogP contribution in [-0.4, -0.2) is 51.3 Å². The molecule has 37 heavy (non-hydrogen) atoms. The molecule has 3 aromatic rings. The molecule has 0 aromatic heterocycles. The fourth-order valence-corrected chi connectivity index (χ4v) is 4.90. The highest BCUT2D eigenvalue weighted by atomic mass is 16.5. The molecule has 1 unspecified atom stereocenters. The Morgan fingerprint density at radius 1 is 1.05 bits per heavy atom. The fourth-order valence-electron chi connectivity index (χ4n) is 4.90. The van der Waals surface area contributed by atoms with Gasteiger partial charge in [0.15, 0.2) is 11.5 Å². The second kappa shape index (κ2) is 12.3. The number of ether oxygens (including phenoxy) is 3. The molecule has 7 nitrogen and oxygen atoms in total. The molecule has 0 saturated carbocycles. The molecule has 4 rings (SSSR count). The van der Waals surface area contributed by atoms with Crippen LogP contribution in [0.4, 0.5) is 5.69 Å². The van der Waals surface area contributed by atoms with Gasteiger partial charge in [0.05, 0.1) is 45.9 Å². The van der Waals surface area contributed by atoms with Gasteiger partial charge >= 0.3 is 0 Å². The smallest absolute Gasteiger partial charge is 0.241 e. The van der Waals surface area contributed by atoms with E-state index in [1.165, 1.54) is 5.56 Å². The standard InChI is InChI=1S/C30H33N3O4/c1-4-37-25-13-11-24(12-14-25)33(17-8-16-31)29(34)21-32-18-15-23-19-27(35-2)28(36-3)20-26(23)30(32)22-9-6-5-7-10-22/h5-7,9-14,19-20,30H,4,8,15,17-18,21H2,1-3H3. The van der Waals surface area contributed by atoms with E-state index in [4.69, 9.17) is 14.2 Å². The molecule has 1 aliphatic rings. The highest BCUT2D eigenvalue weighted by molar-refractivity contribution is 5.95. The third kappa shape index (κ3) is 5.87. The Morgan fingerprint density at radius 3 is 2.41 bits per heavy atom. The molecular weight excluding hydrogens is 466 g/mol. The van der Waals surface area contributed by atoms with Crippen molar-refractivity contribution in [1.29, 1.82) is 5.26 Å². The lowest BCUT2D eigenvalue weighted by molar-refractivity contribution is -0.120. The number of hydrogen-bond donors (Lipinski definition) is 0. The predicted octanol–water partition coefficient (Wildman–Crippen LogP) is 5.00. The molecule has 0 spiro atoms. The van der Waals surface area contributed by atoms with Crippen LogP contribution in [0.15, 0.2) is 66.7 Å². The molecule has 192 valence electrons. The van der Waals surface area contributed by atoms with Gasteiger partial charge in [-0.3, -0.25) is 9.69 Å². The molecule has 7 heteroatoms. The van der Waals surface area contributed by atoms with Crippen LogP contribution < -0.4 is 19.1 Å². The number of amides is 1. The summed E-state index contributed by atoms with van der Waals surface area (Å²) in [6, 6.07) is 23.8. The van der Waals surface area contributed by atoms with Crippen molar-refractivity contribution in [3.8, 4) is 23.3 Å². The molecule has 0 saturated heterocycles. The summed E-state index contributed by atoms with van der Waals surface area (Å²) in [5, 5.41) is 9.23. The quantitative estimate of drug-likeness (QED) is 0.391. The van der Waals surface area contributed by atoms with Crippen LogP contribution in [0.5, 0.6) is 17.2 Å². The summed E-state index contributed by atoms with van der Waals surface area (Å²) in [5.74, 6) is 2.07. The number of fused-ring (bicyclic) bond motifs is 1. The average molecular weight is 500 g/mol. The molecular formula is C30H33N3O4. The highest BCUT2D eigenvalue weighted by Crippen LogP contribution is 2.41. The molecule has 0 fully saturated rings. The predicted molar refractivity (Wildman–Crippen MR) is 143 cm³/mol. The van der Waals surface area contributed by atoms with Crippen LogP contribution in [0.2, 0.25) is 0 Å². The number of nitriles is 1. The van der Waals surface area contributed by atoms with Gasteiger partial charge in [0.25, 0.3) is 0 Å². The van der Waals surface area contributed by atoms with Gasteiger partial charge in [-0.05, 0) is 66.4 Å². The number of carbonyl (C=O) groups is 1. The Hall–Kier alpha value is -4.02. The van der Waals surface area contributed by atoms with Gasteiger partial charge in [-0.15, -0.1) is 0 Å². The maximum atomic E-state index is 13.7. The molecule has 1 atom stereocenters. The zero-order valence-electron chi connectivity index (χ0n) is 21.6. The first-order chi connectivity index (χ1) is 18.1. The Kier molecular flexibility index (Phi) is 8.65. The Morgan fingerprint density at radius 2 is 1.76 bits per heavy atom. The van der Waals surface area contributed by atoms with Crippen LogP contribution in [-0.2, 0) is 11.2 Å². The van der Waals surface area contributed by atoms with Gasteiger partial charge in [0.2, 0.25) is 5.91 Å². The number of nitrogens with zero attached hydrogens (tertiary/aromatic N) is 3. The lowest BCUT2D eigenvalue weighted by Gasteiger charge is -2.38. The number of anilines is 1. The van der Waals surface area contributed by atoms with Crippen LogP contribution in [0, 0.1) is 11.3 Å². The Balaban J connectivity index is 1.66. The molecule has 1 amide bonds. The molecule has 0 radical (unpaired) electrons. The van der Waals surface area contributed by atoms with Gasteiger partial charge in [0.1, 0.15) is 5.75 Å². The summed E-state index contributed by atoms with van der Waals surface area (Å²) in [7, 11) is 3.28. The first kappa shape index (κ1) is 26.1. The zero-order valence-corrected chi connectivity index (χ0v) is 21.6. The largest absolute Gasteiger partial charge is 0.494 e. The Labute approximate surface area is 218 Å². The lowest BCUT2D eigenvalue weighted by atomic mass is 9.87. The summed E-state index contributed by atoms with van der Waals surface area (Å²) in [5.41, 5.74) is 4.15. The average Bonchev–Trinajstić information content (AvgIpc) is 2.93. The van der Waals surface area contributed by atoms with E-state index in [0.717, 1.165) is 29.0 Å². The number of rotatable bonds is 10. The third-order valence-electron chi connectivity index (χ3n) is 6.63. The van der Waals surface area contributed by atoms with E-state index in [1.54, 1.807) is 19.1 Å². The van der Waals surface area contributed by atoms with Crippen LogP contribution in [0.25, 0.3) is 0 Å². The lowest BCUT2D eigenvalue weighted by Crippen LogP contribution is -2.45. The van der Waals surface area contributed by atoms with Crippen molar-refractivity contribution in [2.45, 2.75) is 25.8 Å². The maximum Gasteiger partial charge on any atom is 0.241 e. The molecule has 1 aliphatic heterocycles. The van der Waals surface area contributed by atoms with Crippen molar-refractivity contribution in [1.82, 2.24) is 4.90 Å². The van der Waals surface area contributed by atoms with Crippen molar-refractivity contribution in [2.24, 2.45) is 0 Å². The summed E-state index contributed by atoms with van der Waals surface area (Å²) in [6.45, 7) is 3.76. The van der Waals surface area contributed by atoms with Crippen molar-refractivity contribution in [3.63, 3.8) is 0 Å². The maximum absolute atomic E-state index is 13.7. The van der Waals surface area contributed by atoms with Gasteiger partial charge < -0.3 is 19.1 Å². The summed E-state index contributed by atoms with van der Waals surface area (Å²) in [6.07, 6.45) is 1.04. The monoisotopic (exact) mass is 499 g/mol. The highest BCUT2D eigenvalue weighted by Gasteiger charge is 2.32. The van der Waals surface area contributed by atoms with Crippen molar-refractivity contribution in [3.05, 3.63) is 83.4 Å². The van der Waals surface area contributed by atoms with E-state index >= 15 is 0 Å². The van der Waals surface area contributed by atoms with Gasteiger partial charge in [-0.25, -0.2) is 0 Å². The van der Waals surface area contributed by atoms with Crippen LogP contribution in [0.3, 0.4) is 0 Å². The van der Waals surface area contributed by atoms with E-state index in [0.29, 0.717) is 31.2 Å². The zero-order chi connectivity index (χ0) is 26.2. The van der Waals surface area contributed by atoms with Gasteiger partial charge in [0, 0.05) is 18.8 Å². The SMILES string of the molecule is CCOc1ccc(N(CCC#N)C(=O)CN2CCc3cc(OC)c(OC)cc3C2c2ccccc2)cc1. The van der Waals surface area contributed by atoms with E-state index in [2.05, 4.69) is 23.1 Å². The fraction of sp³-hybridized carbons (Fsp3) is 0.333. The molecule has 0 bridgehead atoms. The molecule has 0 aliphatic carbocycles. The molecule has 0 N–H and O–H groups in total. The normalized spacial score (nSPS) is 14.8. The van der Waals surface area contributed by atoms with Crippen molar-refractivity contribution < 1.29 is 19.0 Å². The van der Waals surface area contributed by atoms with Crippen LogP contribution >= 0.6 is 0 Å². The number of hydrogen-bond acceptors (Lipinski definition) is 6. The van der Waals surface area contributed by atoms with E-state index in [1.807, 2.05) is 61.5 Å². The third-order valence-corrected chi connectivity index (χ3v) is 6.63. The first-order valence-corrected chi connectivity index (χ1v) is 12.5. The minimum Gasteiger partial charge on any atom is -0.494 e. The minimum atomic E-state index is -0.119. The Bertz CT molecular complexity index is 1240. The second-order valence-corrected chi connectivity index (χ2v) is 8.82. The van der Waals surface area contributed by atoms with Crippen molar-refractivity contribution in [2.75, 3.05) is 45.4 Å². The number of carbonyl (C=O) groups excluding carboxylic acids is 1. The number of benzene rings is 3. The molecule has 3 aromatic carbocycles. The number of methoxy groups -OCH3 is 2. The van der Waals surface area contributed by atoms with Crippen molar-refractivity contribution >= 4 is 11.6 Å². The van der Waals surface area contributed by atoms with Gasteiger partial charge in [-0.1, -0.05) is 30.3 Å². The summed E-state index contributed by atoms with van der Waals surface area (Å²) >= 11 is 0. The topological polar surface area (TPSA) is 75.0 Å². The first-order valence-electron chi connectivity index (χ1n) is 12.5.